The number of anilines is 2. The average Bonchev–Trinajstić information content (AvgIpc) is 3.56. The van der Waals surface area contributed by atoms with Gasteiger partial charge in [0, 0.05) is 24.9 Å². The van der Waals surface area contributed by atoms with Crippen LogP contribution in [-0.4, -0.2) is 66.1 Å². The first-order valence-corrected chi connectivity index (χ1v) is 12.1. The van der Waals surface area contributed by atoms with Crippen LogP contribution in [0.5, 0.6) is 11.6 Å². The Morgan fingerprint density at radius 2 is 2.00 bits per heavy atom. The molecule has 5 rings (SSSR count). The van der Waals surface area contributed by atoms with Gasteiger partial charge in [0.25, 0.3) is 5.88 Å². The predicted molar refractivity (Wildman–Crippen MR) is 126 cm³/mol. The summed E-state index contributed by atoms with van der Waals surface area (Å²) in [5.74, 6) is 0.390. The lowest BCUT2D eigenvalue weighted by atomic mass is 9.84. The summed E-state index contributed by atoms with van der Waals surface area (Å²) in [6, 6.07) is 5.03. The Kier molecular flexibility index (Phi) is 6.39. The molecule has 2 atom stereocenters. The summed E-state index contributed by atoms with van der Waals surface area (Å²) in [6.07, 6.45) is 3.42. The summed E-state index contributed by atoms with van der Waals surface area (Å²) >= 11 is 0. The van der Waals surface area contributed by atoms with E-state index in [4.69, 9.17) is 18.9 Å². The molecule has 0 radical (unpaired) electrons. The normalized spacial score (nSPS) is 24.5. The minimum atomic E-state index is -0.376. The van der Waals surface area contributed by atoms with E-state index in [0.29, 0.717) is 32.1 Å². The summed E-state index contributed by atoms with van der Waals surface area (Å²) in [5, 5.41) is 3.00. The lowest BCUT2D eigenvalue weighted by molar-refractivity contribution is -0.112. The largest absolute Gasteiger partial charge is 0.489 e. The fourth-order valence-corrected chi connectivity index (χ4v) is 4.65. The van der Waals surface area contributed by atoms with Gasteiger partial charge in [0.15, 0.2) is 5.82 Å². The predicted octanol–water partition coefficient (Wildman–Crippen LogP) is 3.95. The van der Waals surface area contributed by atoms with E-state index in [1.165, 1.54) is 19.5 Å². The molecule has 2 bridgehead atoms. The van der Waals surface area contributed by atoms with E-state index in [9.17, 15) is 9.18 Å². The number of aryl methyl sites for hydroxylation is 1. The van der Waals surface area contributed by atoms with Crippen LogP contribution in [0.3, 0.4) is 0 Å². The Balaban J connectivity index is 1.32. The van der Waals surface area contributed by atoms with Gasteiger partial charge in [-0.2, -0.15) is 4.98 Å². The van der Waals surface area contributed by atoms with E-state index in [1.807, 2.05) is 19.9 Å². The minimum absolute atomic E-state index is 0.0443. The van der Waals surface area contributed by atoms with E-state index in [1.54, 1.807) is 11.0 Å². The van der Waals surface area contributed by atoms with Crippen molar-refractivity contribution in [1.29, 1.82) is 0 Å². The molecule has 1 saturated carbocycles. The molecule has 3 heterocycles. The van der Waals surface area contributed by atoms with Gasteiger partial charge in [-0.05, 0) is 43.9 Å². The van der Waals surface area contributed by atoms with Crippen LogP contribution >= 0.6 is 0 Å². The highest BCUT2D eigenvalue weighted by molar-refractivity contribution is 5.69. The molecule has 2 saturated heterocycles. The number of hydrogen-bond donors (Lipinski definition) is 1. The van der Waals surface area contributed by atoms with Gasteiger partial charge in [0.2, 0.25) is 5.75 Å². The number of fused-ring (bicyclic) bond motifs is 2. The third kappa shape index (κ3) is 4.98. The molecule has 188 valence electrons. The van der Waals surface area contributed by atoms with E-state index in [0.717, 1.165) is 24.8 Å². The fourth-order valence-electron chi connectivity index (χ4n) is 4.65. The molecule has 2 aliphatic heterocycles. The van der Waals surface area contributed by atoms with E-state index in [2.05, 4.69) is 15.3 Å². The molecule has 3 fully saturated rings. The number of benzene rings is 1. The van der Waals surface area contributed by atoms with Crippen molar-refractivity contribution in [2.45, 2.75) is 44.8 Å². The molecule has 2 unspecified atom stereocenters. The van der Waals surface area contributed by atoms with E-state index in [-0.39, 0.29) is 52.8 Å². The van der Waals surface area contributed by atoms with Crippen LogP contribution in [0.15, 0.2) is 24.5 Å². The van der Waals surface area contributed by atoms with Gasteiger partial charge in [-0.15, -0.1) is 0 Å². The van der Waals surface area contributed by atoms with Crippen molar-refractivity contribution < 1.29 is 28.1 Å². The van der Waals surface area contributed by atoms with Crippen LogP contribution in [0.2, 0.25) is 0 Å². The van der Waals surface area contributed by atoms with Crippen LogP contribution in [0.25, 0.3) is 0 Å². The van der Waals surface area contributed by atoms with Gasteiger partial charge in [-0.25, -0.2) is 14.2 Å². The zero-order valence-corrected chi connectivity index (χ0v) is 20.3. The number of likely N-dealkylation sites (tertiary alicyclic amines) is 1. The first-order valence-electron chi connectivity index (χ1n) is 12.1. The van der Waals surface area contributed by atoms with Gasteiger partial charge in [0.05, 0.1) is 26.0 Å². The van der Waals surface area contributed by atoms with Gasteiger partial charge in [-0.1, -0.05) is 13.0 Å². The highest BCUT2D eigenvalue weighted by Crippen LogP contribution is 2.41. The van der Waals surface area contributed by atoms with Crippen LogP contribution < -0.4 is 14.8 Å². The summed E-state index contributed by atoms with van der Waals surface area (Å²) in [4.78, 5) is 23.0. The monoisotopic (exact) mass is 486 g/mol. The summed E-state index contributed by atoms with van der Waals surface area (Å²) < 4.78 is 37.9. The lowest BCUT2D eigenvalue weighted by Crippen LogP contribution is -2.59. The molecular weight excluding hydrogens is 455 g/mol. The number of hydrogen-bond acceptors (Lipinski definition) is 8. The van der Waals surface area contributed by atoms with Crippen molar-refractivity contribution in [3.05, 3.63) is 35.9 Å². The van der Waals surface area contributed by atoms with Crippen molar-refractivity contribution in [2.24, 2.45) is 11.8 Å². The SMILES string of the molecule is CCc1ccc(Nc2ncnc(OC3C4COCC3CN(C(=O)OC3(C)CC3)C4)c2OC)c(F)c1. The van der Waals surface area contributed by atoms with Gasteiger partial charge >= 0.3 is 6.09 Å². The molecule has 1 aliphatic carbocycles. The second-order valence-corrected chi connectivity index (χ2v) is 9.72. The minimum Gasteiger partial charge on any atom is -0.489 e. The van der Waals surface area contributed by atoms with Crippen LogP contribution in [0.4, 0.5) is 20.7 Å². The Labute approximate surface area is 203 Å². The Morgan fingerprint density at radius 3 is 2.63 bits per heavy atom. The van der Waals surface area contributed by atoms with Crippen molar-refractivity contribution in [2.75, 3.05) is 38.7 Å². The number of carbonyl (C=O) groups is 1. The maximum absolute atomic E-state index is 14.6. The molecular formula is C25H31FN4O5. The third-order valence-electron chi connectivity index (χ3n) is 6.97. The standard InChI is InChI=1S/C25H31FN4O5/c1-4-15-5-6-19(18(26)9-15)29-22-21(32-3)23(28-14-27-22)34-20-16-10-30(11-17(20)13-33-12-16)24(31)35-25(2)7-8-25/h5-6,9,14,16-17,20H,4,7-8,10-13H2,1-3H3,(H,27,28,29). The number of nitrogens with one attached hydrogen (secondary N) is 1. The van der Waals surface area contributed by atoms with Gasteiger partial charge in [-0.3, -0.25) is 0 Å². The third-order valence-corrected chi connectivity index (χ3v) is 6.97. The number of ether oxygens (including phenoxy) is 4. The van der Waals surface area contributed by atoms with E-state index < -0.39 is 0 Å². The maximum atomic E-state index is 14.6. The van der Waals surface area contributed by atoms with Crippen molar-refractivity contribution in [3.8, 4) is 11.6 Å². The zero-order chi connectivity index (χ0) is 24.6. The number of aromatic nitrogens is 2. The Morgan fingerprint density at radius 1 is 1.26 bits per heavy atom. The fraction of sp³-hybridized carbons (Fsp3) is 0.560. The Bertz CT molecular complexity index is 1080. The summed E-state index contributed by atoms with van der Waals surface area (Å²) in [5.41, 5.74) is 0.873. The number of rotatable bonds is 7. The van der Waals surface area contributed by atoms with E-state index >= 15 is 0 Å². The zero-order valence-electron chi connectivity index (χ0n) is 20.3. The molecule has 35 heavy (non-hydrogen) atoms. The smallest absolute Gasteiger partial charge is 0.410 e. The molecule has 1 aromatic carbocycles. The molecule has 3 aliphatic rings. The number of carbonyl (C=O) groups excluding carboxylic acids is 1. The molecule has 2 aromatic rings. The van der Waals surface area contributed by atoms with Crippen LogP contribution in [-0.2, 0) is 15.9 Å². The first-order chi connectivity index (χ1) is 16.9. The molecule has 9 nitrogen and oxygen atoms in total. The summed E-state index contributed by atoms with van der Waals surface area (Å²) in [7, 11) is 1.49. The van der Waals surface area contributed by atoms with Gasteiger partial charge < -0.3 is 29.2 Å². The van der Waals surface area contributed by atoms with Crippen LogP contribution in [0, 0.1) is 17.7 Å². The summed E-state index contributed by atoms with van der Waals surface area (Å²) in [6.45, 7) is 5.82. The molecule has 10 heteroatoms. The van der Waals surface area contributed by atoms with Crippen LogP contribution in [0.1, 0.15) is 32.3 Å². The topological polar surface area (TPSA) is 95.0 Å². The van der Waals surface area contributed by atoms with Gasteiger partial charge in [0.1, 0.15) is 23.8 Å². The molecule has 1 N–H and O–H groups in total. The second kappa shape index (κ2) is 9.49. The Hall–Kier alpha value is -3.14. The quantitative estimate of drug-likeness (QED) is 0.629. The number of piperidine rings is 1. The lowest BCUT2D eigenvalue weighted by Gasteiger charge is -2.46. The van der Waals surface area contributed by atoms with Crippen molar-refractivity contribution in [3.63, 3.8) is 0 Å². The molecule has 1 amide bonds. The van der Waals surface area contributed by atoms with Crippen molar-refractivity contribution >= 4 is 17.6 Å². The number of halogens is 1. The second-order valence-electron chi connectivity index (χ2n) is 9.72. The first kappa shape index (κ1) is 23.6. The number of methoxy groups -OCH3 is 1. The molecule has 0 spiro atoms. The number of nitrogens with zero attached hydrogens (tertiary/aromatic N) is 3. The average molecular weight is 487 g/mol. The highest BCUT2D eigenvalue weighted by atomic mass is 19.1. The number of amides is 1. The molecule has 1 aromatic heterocycles. The maximum Gasteiger partial charge on any atom is 0.410 e. The van der Waals surface area contributed by atoms with Crippen molar-refractivity contribution in [1.82, 2.24) is 14.9 Å². The highest BCUT2D eigenvalue weighted by Gasteiger charge is 2.47.